The molecule has 0 aromatic heterocycles. The van der Waals surface area contributed by atoms with Crippen LogP contribution < -0.4 is 5.73 Å². The molecule has 0 aromatic rings. The number of rotatable bonds is 2. The van der Waals surface area contributed by atoms with E-state index in [9.17, 15) is 4.79 Å². The van der Waals surface area contributed by atoms with Gasteiger partial charge in [0.05, 0.1) is 6.04 Å². The molecule has 1 heterocycles. The van der Waals surface area contributed by atoms with Crippen LogP contribution in [0.5, 0.6) is 0 Å². The molecule has 1 rings (SSSR count). The van der Waals surface area contributed by atoms with Gasteiger partial charge in [-0.25, -0.2) is 0 Å². The van der Waals surface area contributed by atoms with Gasteiger partial charge in [0.25, 0.3) is 0 Å². The first kappa shape index (κ1) is 15.4. The number of nitrogens with zero attached hydrogens (tertiary/aromatic N) is 2. The zero-order valence-electron chi connectivity index (χ0n) is 12.7. The second-order valence-corrected chi connectivity index (χ2v) is 6.80. The maximum atomic E-state index is 12.4. The smallest absolute Gasteiger partial charge is 0.240 e. The Balaban J connectivity index is 2.65. The molecule has 0 radical (unpaired) electrons. The Kier molecular flexibility index (Phi) is 4.78. The van der Waals surface area contributed by atoms with Crippen molar-refractivity contribution in [3.63, 3.8) is 0 Å². The number of hydrogen-bond donors (Lipinski definition) is 1. The molecule has 0 bridgehead atoms. The SMILES string of the molecule is CC1CC(N(C)C(=O)[C@@H](N)C(C)(C)C)CCN1C. The first-order chi connectivity index (χ1) is 8.14. The number of piperidine rings is 1. The molecular formula is C14H29N3O. The average Bonchev–Trinajstić information content (AvgIpc) is 2.28. The van der Waals surface area contributed by atoms with Crippen molar-refractivity contribution in [1.82, 2.24) is 9.80 Å². The first-order valence-electron chi connectivity index (χ1n) is 6.87. The van der Waals surface area contributed by atoms with E-state index in [2.05, 4.69) is 18.9 Å². The highest BCUT2D eigenvalue weighted by atomic mass is 16.2. The van der Waals surface area contributed by atoms with Crippen LogP contribution in [-0.4, -0.2) is 54.5 Å². The van der Waals surface area contributed by atoms with Gasteiger partial charge in [0.1, 0.15) is 0 Å². The summed E-state index contributed by atoms with van der Waals surface area (Å²) in [4.78, 5) is 16.6. The van der Waals surface area contributed by atoms with E-state index in [-0.39, 0.29) is 11.3 Å². The molecule has 1 amide bonds. The van der Waals surface area contributed by atoms with Gasteiger partial charge in [-0.3, -0.25) is 4.79 Å². The summed E-state index contributed by atoms with van der Waals surface area (Å²) >= 11 is 0. The lowest BCUT2D eigenvalue weighted by Crippen LogP contribution is -2.55. The third-order valence-electron chi connectivity index (χ3n) is 4.28. The number of likely N-dealkylation sites (tertiary alicyclic amines) is 1. The van der Waals surface area contributed by atoms with Crippen molar-refractivity contribution in [3.05, 3.63) is 0 Å². The lowest BCUT2D eigenvalue weighted by Gasteiger charge is -2.41. The lowest BCUT2D eigenvalue weighted by atomic mass is 9.86. The zero-order valence-corrected chi connectivity index (χ0v) is 12.7. The highest BCUT2D eigenvalue weighted by Gasteiger charge is 2.34. The molecule has 1 aliphatic rings. The summed E-state index contributed by atoms with van der Waals surface area (Å²) in [7, 11) is 4.04. The molecule has 1 aliphatic heterocycles. The summed E-state index contributed by atoms with van der Waals surface area (Å²) in [5, 5.41) is 0. The van der Waals surface area contributed by atoms with Crippen LogP contribution in [0.3, 0.4) is 0 Å². The maximum Gasteiger partial charge on any atom is 0.240 e. The monoisotopic (exact) mass is 255 g/mol. The molecule has 0 spiro atoms. The predicted molar refractivity (Wildman–Crippen MR) is 75.3 cm³/mol. The van der Waals surface area contributed by atoms with Gasteiger partial charge < -0.3 is 15.5 Å². The molecule has 2 unspecified atom stereocenters. The highest BCUT2D eigenvalue weighted by molar-refractivity contribution is 5.82. The summed E-state index contributed by atoms with van der Waals surface area (Å²) in [5.74, 6) is 0.0734. The fourth-order valence-electron chi connectivity index (χ4n) is 2.39. The molecule has 0 aliphatic carbocycles. The number of carbonyl (C=O) groups is 1. The molecule has 0 aromatic carbocycles. The van der Waals surface area contributed by atoms with Crippen LogP contribution >= 0.6 is 0 Å². The van der Waals surface area contributed by atoms with Crippen molar-refractivity contribution in [2.75, 3.05) is 20.6 Å². The summed E-state index contributed by atoms with van der Waals surface area (Å²) in [5.41, 5.74) is 5.88. The fourth-order valence-corrected chi connectivity index (χ4v) is 2.39. The fraction of sp³-hybridized carbons (Fsp3) is 0.929. The van der Waals surface area contributed by atoms with Crippen LogP contribution in [0.2, 0.25) is 0 Å². The average molecular weight is 255 g/mol. The Hall–Kier alpha value is -0.610. The second kappa shape index (κ2) is 5.57. The number of hydrogen-bond acceptors (Lipinski definition) is 3. The minimum atomic E-state index is -0.419. The summed E-state index contributed by atoms with van der Waals surface area (Å²) in [6, 6.07) is 0.444. The second-order valence-electron chi connectivity index (χ2n) is 6.80. The number of likely N-dealkylation sites (N-methyl/N-ethyl adjacent to an activating group) is 1. The topological polar surface area (TPSA) is 49.6 Å². The number of amides is 1. The van der Waals surface area contributed by atoms with Crippen LogP contribution in [0.4, 0.5) is 0 Å². The Labute approximate surface area is 111 Å². The normalized spacial score (nSPS) is 27.9. The van der Waals surface area contributed by atoms with Crippen LogP contribution in [-0.2, 0) is 4.79 Å². The minimum Gasteiger partial charge on any atom is -0.341 e. The number of carbonyl (C=O) groups excluding carboxylic acids is 1. The van der Waals surface area contributed by atoms with Gasteiger partial charge in [0.15, 0.2) is 0 Å². The van der Waals surface area contributed by atoms with Crippen LogP contribution in [0.15, 0.2) is 0 Å². The third-order valence-corrected chi connectivity index (χ3v) is 4.28. The van der Waals surface area contributed by atoms with Gasteiger partial charge in [0.2, 0.25) is 5.91 Å². The standard InChI is InChI=1S/C14H29N3O/c1-10-9-11(7-8-16(10)5)17(6)13(18)12(15)14(2,3)4/h10-12H,7-9,15H2,1-6H3/t10?,11?,12-/m1/s1. The molecule has 0 saturated carbocycles. The Morgan fingerprint density at radius 2 is 2.00 bits per heavy atom. The first-order valence-corrected chi connectivity index (χ1v) is 6.87. The predicted octanol–water partition coefficient (Wildman–Crippen LogP) is 1.30. The zero-order chi connectivity index (χ0) is 14.1. The Morgan fingerprint density at radius 3 is 2.44 bits per heavy atom. The van der Waals surface area contributed by atoms with Gasteiger partial charge >= 0.3 is 0 Å². The van der Waals surface area contributed by atoms with E-state index in [1.807, 2.05) is 32.7 Å². The molecule has 1 fully saturated rings. The van der Waals surface area contributed by atoms with E-state index in [1.54, 1.807) is 0 Å². The van der Waals surface area contributed by atoms with E-state index >= 15 is 0 Å². The lowest BCUT2D eigenvalue weighted by molar-refractivity contribution is -0.136. The van der Waals surface area contributed by atoms with Crippen LogP contribution in [0.1, 0.15) is 40.5 Å². The molecule has 18 heavy (non-hydrogen) atoms. The van der Waals surface area contributed by atoms with Crippen LogP contribution in [0.25, 0.3) is 0 Å². The maximum absolute atomic E-state index is 12.4. The third kappa shape index (κ3) is 3.45. The van der Waals surface area contributed by atoms with E-state index in [4.69, 9.17) is 5.73 Å². The van der Waals surface area contributed by atoms with E-state index < -0.39 is 6.04 Å². The molecule has 4 nitrogen and oxygen atoms in total. The molecule has 3 atom stereocenters. The molecule has 106 valence electrons. The van der Waals surface area contributed by atoms with Crippen molar-refractivity contribution in [2.24, 2.45) is 11.1 Å². The van der Waals surface area contributed by atoms with Crippen molar-refractivity contribution < 1.29 is 4.79 Å². The molecule has 1 saturated heterocycles. The Morgan fingerprint density at radius 1 is 1.44 bits per heavy atom. The van der Waals surface area contributed by atoms with E-state index in [1.165, 1.54) is 0 Å². The number of nitrogens with two attached hydrogens (primary N) is 1. The van der Waals surface area contributed by atoms with Crippen molar-refractivity contribution in [3.8, 4) is 0 Å². The van der Waals surface area contributed by atoms with Crippen molar-refractivity contribution in [2.45, 2.75) is 58.7 Å². The van der Waals surface area contributed by atoms with Crippen LogP contribution in [0, 0.1) is 5.41 Å². The Bertz CT molecular complexity index is 298. The summed E-state index contributed by atoms with van der Waals surface area (Å²) in [6.45, 7) is 9.31. The van der Waals surface area contributed by atoms with E-state index in [0.717, 1.165) is 19.4 Å². The summed E-state index contributed by atoms with van der Waals surface area (Å²) in [6.07, 6.45) is 2.08. The molecule has 4 heteroatoms. The highest BCUT2D eigenvalue weighted by Crippen LogP contribution is 2.23. The van der Waals surface area contributed by atoms with Crippen molar-refractivity contribution in [1.29, 1.82) is 0 Å². The van der Waals surface area contributed by atoms with E-state index in [0.29, 0.717) is 12.1 Å². The quantitative estimate of drug-likeness (QED) is 0.809. The summed E-state index contributed by atoms with van der Waals surface area (Å²) < 4.78 is 0. The van der Waals surface area contributed by atoms with Gasteiger partial charge in [-0.1, -0.05) is 20.8 Å². The largest absolute Gasteiger partial charge is 0.341 e. The van der Waals surface area contributed by atoms with Crippen molar-refractivity contribution >= 4 is 5.91 Å². The van der Waals surface area contributed by atoms with Gasteiger partial charge in [-0.15, -0.1) is 0 Å². The van der Waals surface area contributed by atoms with Gasteiger partial charge in [-0.2, -0.15) is 0 Å². The minimum absolute atomic E-state index is 0.0734. The van der Waals surface area contributed by atoms with Gasteiger partial charge in [-0.05, 0) is 32.2 Å². The molecular weight excluding hydrogens is 226 g/mol. The molecule has 2 N–H and O–H groups in total. The van der Waals surface area contributed by atoms with Gasteiger partial charge in [0, 0.05) is 25.7 Å².